The van der Waals surface area contributed by atoms with E-state index in [4.69, 9.17) is 0 Å². The first-order valence-corrected chi connectivity index (χ1v) is 10.2. The van der Waals surface area contributed by atoms with Crippen LogP contribution in [0.1, 0.15) is 51.4 Å². The summed E-state index contributed by atoms with van der Waals surface area (Å²) in [5.41, 5.74) is 0. The van der Waals surface area contributed by atoms with E-state index < -0.39 is 0 Å². The van der Waals surface area contributed by atoms with Gasteiger partial charge in [0.1, 0.15) is 5.03 Å². The number of carbonyl (C=O) groups excluding carboxylic acids is 1. The van der Waals surface area contributed by atoms with Crippen molar-refractivity contribution in [1.82, 2.24) is 10.3 Å². The molecule has 1 heterocycles. The van der Waals surface area contributed by atoms with Crippen molar-refractivity contribution in [1.29, 1.82) is 0 Å². The van der Waals surface area contributed by atoms with Gasteiger partial charge in [0.2, 0.25) is 5.91 Å². The standard InChI is InChI=1S/C16H24N2OS2/c19-15(18-14-8-4-2-1-3-5-9-14)11-13-20-21-16-10-6-7-12-17-16/h6-7,10,12,14H,1-5,8-9,11,13H2,(H,18,19). The molecule has 0 aliphatic heterocycles. The van der Waals surface area contributed by atoms with Crippen LogP contribution in [0.3, 0.4) is 0 Å². The Hall–Kier alpha value is -0.680. The van der Waals surface area contributed by atoms with Crippen molar-refractivity contribution < 1.29 is 4.79 Å². The third kappa shape index (κ3) is 7.23. The van der Waals surface area contributed by atoms with Crippen molar-refractivity contribution in [3.8, 4) is 0 Å². The minimum absolute atomic E-state index is 0.203. The van der Waals surface area contributed by atoms with Gasteiger partial charge in [-0.1, -0.05) is 49.0 Å². The van der Waals surface area contributed by atoms with Gasteiger partial charge in [0.15, 0.2) is 0 Å². The van der Waals surface area contributed by atoms with E-state index in [-0.39, 0.29) is 5.91 Å². The van der Waals surface area contributed by atoms with Gasteiger partial charge >= 0.3 is 0 Å². The quantitative estimate of drug-likeness (QED) is 0.620. The second-order valence-corrected chi connectivity index (χ2v) is 7.87. The highest BCUT2D eigenvalue weighted by atomic mass is 33.1. The van der Waals surface area contributed by atoms with Crippen molar-refractivity contribution in [2.24, 2.45) is 0 Å². The normalized spacial score (nSPS) is 17.0. The van der Waals surface area contributed by atoms with Gasteiger partial charge in [0, 0.05) is 24.4 Å². The summed E-state index contributed by atoms with van der Waals surface area (Å²) in [4.78, 5) is 16.2. The highest BCUT2D eigenvalue weighted by molar-refractivity contribution is 8.76. The number of aromatic nitrogens is 1. The summed E-state index contributed by atoms with van der Waals surface area (Å²) in [5, 5.41) is 4.21. The molecule has 2 rings (SSSR count). The van der Waals surface area contributed by atoms with E-state index in [1.54, 1.807) is 27.8 Å². The van der Waals surface area contributed by atoms with Crippen molar-refractivity contribution in [3.63, 3.8) is 0 Å². The molecule has 21 heavy (non-hydrogen) atoms. The molecular weight excluding hydrogens is 300 g/mol. The average molecular weight is 325 g/mol. The van der Waals surface area contributed by atoms with E-state index in [0.717, 1.165) is 23.6 Å². The summed E-state index contributed by atoms with van der Waals surface area (Å²) in [6.45, 7) is 0. The Morgan fingerprint density at radius 3 is 2.67 bits per heavy atom. The van der Waals surface area contributed by atoms with Crippen LogP contribution in [0.25, 0.3) is 0 Å². The predicted molar refractivity (Wildman–Crippen MR) is 91.4 cm³/mol. The molecule has 1 N–H and O–H groups in total. The number of amides is 1. The average Bonchev–Trinajstić information content (AvgIpc) is 2.47. The van der Waals surface area contributed by atoms with Crippen molar-refractivity contribution in [2.45, 2.75) is 62.4 Å². The summed E-state index contributed by atoms with van der Waals surface area (Å²) in [7, 11) is 3.34. The first-order chi connectivity index (χ1) is 10.3. The number of nitrogens with zero attached hydrogens (tertiary/aromatic N) is 1. The Kier molecular flexibility index (Phi) is 8.04. The summed E-state index contributed by atoms with van der Waals surface area (Å²) < 4.78 is 0. The lowest BCUT2D eigenvalue weighted by Crippen LogP contribution is -2.35. The molecule has 0 unspecified atom stereocenters. The van der Waals surface area contributed by atoms with E-state index in [1.165, 1.54) is 32.1 Å². The van der Waals surface area contributed by atoms with Gasteiger partial charge in [-0.25, -0.2) is 4.98 Å². The second kappa shape index (κ2) is 10.1. The van der Waals surface area contributed by atoms with Crippen LogP contribution in [0, 0.1) is 0 Å². The fraction of sp³-hybridized carbons (Fsp3) is 0.625. The molecule has 0 atom stereocenters. The Morgan fingerprint density at radius 1 is 1.19 bits per heavy atom. The minimum Gasteiger partial charge on any atom is -0.353 e. The van der Waals surface area contributed by atoms with E-state index in [1.807, 2.05) is 18.2 Å². The summed E-state index contributed by atoms with van der Waals surface area (Å²) in [6, 6.07) is 6.30. The van der Waals surface area contributed by atoms with Gasteiger partial charge < -0.3 is 5.32 Å². The molecule has 1 saturated carbocycles. The smallest absolute Gasteiger partial charge is 0.221 e. The second-order valence-electron chi connectivity index (χ2n) is 5.43. The van der Waals surface area contributed by atoms with Crippen LogP contribution in [-0.2, 0) is 4.79 Å². The number of pyridine rings is 1. The molecule has 0 radical (unpaired) electrons. The number of hydrogen-bond acceptors (Lipinski definition) is 4. The fourth-order valence-electron chi connectivity index (χ4n) is 2.53. The maximum atomic E-state index is 12.0. The van der Waals surface area contributed by atoms with E-state index in [9.17, 15) is 4.79 Å². The lowest BCUT2D eigenvalue weighted by molar-refractivity contribution is -0.121. The third-order valence-electron chi connectivity index (χ3n) is 3.66. The molecule has 0 aromatic carbocycles. The maximum absolute atomic E-state index is 12.0. The fourth-order valence-corrected chi connectivity index (χ4v) is 4.40. The third-order valence-corrected chi connectivity index (χ3v) is 5.93. The van der Waals surface area contributed by atoms with Crippen LogP contribution in [0.5, 0.6) is 0 Å². The SMILES string of the molecule is O=C(CCSSc1ccccn1)NC1CCCCCCC1. The van der Waals surface area contributed by atoms with E-state index >= 15 is 0 Å². The number of rotatable bonds is 6. The van der Waals surface area contributed by atoms with Crippen LogP contribution < -0.4 is 5.32 Å². The monoisotopic (exact) mass is 324 g/mol. The lowest BCUT2D eigenvalue weighted by atomic mass is 9.97. The molecule has 5 heteroatoms. The van der Waals surface area contributed by atoms with Gasteiger partial charge in [-0.15, -0.1) is 0 Å². The molecule has 3 nitrogen and oxygen atoms in total. The molecular formula is C16H24N2OS2. The maximum Gasteiger partial charge on any atom is 0.221 e. The summed E-state index contributed by atoms with van der Waals surface area (Å²) in [6.07, 6.45) is 11.2. The topological polar surface area (TPSA) is 42.0 Å². The number of carbonyl (C=O) groups is 1. The van der Waals surface area contributed by atoms with Crippen molar-refractivity contribution in [2.75, 3.05) is 5.75 Å². The van der Waals surface area contributed by atoms with Crippen molar-refractivity contribution in [3.05, 3.63) is 24.4 Å². The summed E-state index contributed by atoms with van der Waals surface area (Å²) >= 11 is 0. The Morgan fingerprint density at radius 2 is 1.95 bits per heavy atom. The Balaban J connectivity index is 1.58. The Labute approximate surface area is 135 Å². The molecule has 0 bridgehead atoms. The molecule has 0 spiro atoms. The highest BCUT2D eigenvalue weighted by Crippen LogP contribution is 2.29. The molecule has 1 amide bonds. The van der Waals surface area contributed by atoms with E-state index in [2.05, 4.69) is 10.3 Å². The van der Waals surface area contributed by atoms with Gasteiger partial charge in [0.25, 0.3) is 0 Å². The van der Waals surface area contributed by atoms with Crippen LogP contribution in [0.2, 0.25) is 0 Å². The van der Waals surface area contributed by atoms with Crippen LogP contribution in [0.4, 0.5) is 0 Å². The highest BCUT2D eigenvalue weighted by Gasteiger charge is 2.13. The van der Waals surface area contributed by atoms with Crippen LogP contribution >= 0.6 is 21.6 Å². The van der Waals surface area contributed by atoms with Gasteiger partial charge in [-0.05, 0) is 35.8 Å². The molecule has 0 saturated heterocycles. The minimum atomic E-state index is 0.203. The van der Waals surface area contributed by atoms with Gasteiger partial charge in [-0.2, -0.15) is 0 Å². The zero-order valence-electron chi connectivity index (χ0n) is 12.4. The lowest BCUT2D eigenvalue weighted by Gasteiger charge is -2.20. The molecule has 1 aromatic heterocycles. The molecule has 1 aliphatic carbocycles. The zero-order valence-corrected chi connectivity index (χ0v) is 14.1. The van der Waals surface area contributed by atoms with E-state index in [0.29, 0.717) is 12.5 Å². The molecule has 1 aromatic rings. The largest absolute Gasteiger partial charge is 0.353 e. The number of hydrogen-bond donors (Lipinski definition) is 1. The van der Waals surface area contributed by atoms with Gasteiger partial charge in [-0.3, -0.25) is 4.79 Å². The van der Waals surface area contributed by atoms with Crippen molar-refractivity contribution >= 4 is 27.5 Å². The molecule has 1 fully saturated rings. The first-order valence-electron chi connectivity index (χ1n) is 7.84. The van der Waals surface area contributed by atoms with Crippen LogP contribution in [-0.4, -0.2) is 22.7 Å². The number of nitrogens with one attached hydrogen (secondary N) is 1. The van der Waals surface area contributed by atoms with Crippen LogP contribution in [0.15, 0.2) is 29.4 Å². The zero-order chi connectivity index (χ0) is 14.8. The predicted octanol–water partition coefficient (Wildman–Crippen LogP) is 4.44. The molecule has 1 aliphatic rings. The van der Waals surface area contributed by atoms with Gasteiger partial charge in [0.05, 0.1) is 0 Å². The first kappa shape index (κ1) is 16.7. The Bertz CT molecular complexity index is 406. The molecule has 116 valence electrons. The summed E-state index contributed by atoms with van der Waals surface area (Å²) in [5.74, 6) is 1.04.